The first-order chi connectivity index (χ1) is 10.3. The number of hydrogen-bond donors (Lipinski definition) is 1. The summed E-state index contributed by atoms with van der Waals surface area (Å²) in [5.74, 6) is 2.74. The lowest BCUT2D eigenvalue weighted by atomic mass is 9.80. The van der Waals surface area contributed by atoms with Gasteiger partial charge in [-0.1, -0.05) is 18.5 Å². The van der Waals surface area contributed by atoms with Gasteiger partial charge in [0.05, 0.1) is 5.69 Å². The van der Waals surface area contributed by atoms with Gasteiger partial charge >= 0.3 is 0 Å². The highest BCUT2D eigenvalue weighted by Crippen LogP contribution is 2.36. The molecule has 2 N–H and O–H groups in total. The van der Waals surface area contributed by atoms with Gasteiger partial charge in [-0.05, 0) is 43.7 Å². The minimum absolute atomic E-state index is 0.413. The highest BCUT2D eigenvalue weighted by atomic mass is 16.5. The highest BCUT2D eigenvalue weighted by Gasteiger charge is 2.25. The molecule has 1 aliphatic rings. The second-order valence-corrected chi connectivity index (χ2v) is 5.82. The lowest BCUT2D eigenvalue weighted by Gasteiger charge is -2.25. The third kappa shape index (κ3) is 3.13. The molecule has 21 heavy (non-hydrogen) atoms. The van der Waals surface area contributed by atoms with Crippen LogP contribution in [-0.4, -0.2) is 15.1 Å². The summed E-state index contributed by atoms with van der Waals surface area (Å²) >= 11 is 0. The summed E-state index contributed by atoms with van der Waals surface area (Å²) in [6.07, 6.45) is 7.90. The maximum absolute atomic E-state index is 5.62. The Labute approximate surface area is 125 Å². The van der Waals surface area contributed by atoms with Crippen LogP contribution in [0, 0.1) is 5.92 Å². The Morgan fingerprint density at radius 2 is 2.10 bits per heavy atom. The summed E-state index contributed by atoms with van der Waals surface area (Å²) in [7, 11) is 0. The first-order valence-corrected chi connectivity index (χ1v) is 7.79. The van der Waals surface area contributed by atoms with Gasteiger partial charge in [0.2, 0.25) is 0 Å². The minimum atomic E-state index is 0.413. The quantitative estimate of drug-likeness (QED) is 0.933. The minimum Gasteiger partial charge on any atom is -0.334 e. The van der Waals surface area contributed by atoms with Crippen LogP contribution in [0.3, 0.4) is 0 Å². The van der Waals surface area contributed by atoms with Gasteiger partial charge in [-0.25, -0.2) is 0 Å². The molecule has 3 rings (SSSR count). The number of aromatic nitrogens is 3. The summed E-state index contributed by atoms with van der Waals surface area (Å²) < 4.78 is 5.43. The molecule has 0 aromatic carbocycles. The van der Waals surface area contributed by atoms with Gasteiger partial charge in [0, 0.05) is 24.2 Å². The number of rotatable bonds is 4. The molecule has 5 nitrogen and oxygen atoms in total. The van der Waals surface area contributed by atoms with Crippen LogP contribution in [0.15, 0.2) is 22.9 Å². The molecule has 112 valence electrons. The van der Waals surface area contributed by atoms with Crippen molar-refractivity contribution in [1.29, 1.82) is 0 Å². The van der Waals surface area contributed by atoms with Crippen LogP contribution in [0.4, 0.5) is 0 Å². The van der Waals surface area contributed by atoms with Gasteiger partial charge in [0.15, 0.2) is 5.82 Å². The van der Waals surface area contributed by atoms with Crippen LogP contribution in [0.25, 0.3) is 11.5 Å². The fraction of sp³-hybridized carbons (Fsp3) is 0.562. The lowest BCUT2D eigenvalue weighted by Crippen LogP contribution is -2.13. The molecule has 2 aromatic heterocycles. The van der Waals surface area contributed by atoms with Crippen LogP contribution < -0.4 is 5.73 Å². The van der Waals surface area contributed by atoms with E-state index in [0.717, 1.165) is 23.0 Å². The van der Waals surface area contributed by atoms with Crippen molar-refractivity contribution >= 4 is 0 Å². The topological polar surface area (TPSA) is 77.8 Å². The molecule has 1 saturated carbocycles. The second kappa shape index (κ2) is 6.35. The van der Waals surface area contributed by atoms with E-state index in [2.05, 4.69) is 22.0 Å². The van der Waals surface area contributed by atoms with E-state index < -0.39 is 0 Å². The third-order valence-electron chi connectivity index (χ3n) is 4.50. The SMILES string of the molecule is CCC1CCC(c2noc(-c3ccnc(CN)c3)n2)CC1. The summed E-state index contributed by atoms with van der Waals surface area (Å²) in [4.78, 5) is 8.77. The number of nitrogens with two attached hydrogens (primary N) is 1. The first-order valence-electron chi connectivity index (χ1n) is 7.79. The molecule has 1 fully saturated rings. The summed E-state index contributed by atoms with van der Waals surface area (Å²) in [6.45, 7) is 2.69. The average Bonchev–Trinajstić information content (AvgIpc) is 3.05. The standard InChI is InChI=1S/C16H22N4O/c1-2-11-3-5-12(6-4-11)15-19-16(21-20-15)13-7-8-18-14(9-13)10-17/h7-9,11-12H,2-6,10,17H2,1H3. The molecular weight excluding hydrogens is 264 g/mol. The molecule has 0 radical (unpaired) electrons. The third-order valence-corrected chi connectivity index (χ3v) is 4.50. The normalized spacial score (nSPS) is 22.4. The highest BCUT2D eigenvalue weighted by molar-refractivity contribution is 5.52. The number of hydrogen-bond acceptors (Lipinski definition) is 5. The molecular formula is C16H22N4O. The van der Waals surface area contributed by atoms with Gasteiger partial charge < -0.3 is 10.3 Å². The maximum atomic E-state index is 5.62. The maximum Gasteiger partial charge on any atom is 0.258 e. The van der Waals surface area contributed by atoms with Gasteiger partial charge in [-0.3, -0.25) is 4.98 Å². The van der Waals surface area contributed by atoms with Gasteiger partial charge in [-0.2, -0.15) is 4.98 Å². The summed E-state index contributed by atoms with van der Waals surface area (Å²) in [5.41, 5.74) is 7.34. The number of nitrogens with zero attached hydrogens (tertiary/aromatic N) is 3. The molecule has 2 heterocycles. The average molecular weight is 286 g/mol. The van der Waals surface area contributed by atoms with Crippen molar-refractivity contribution < 1.29 is 4.52 Å². The van der Waals surface area contributed by atoms with Crippen LogP contribution in [0.1, 0.15) is 56.5 Å². The Kier molecular flexibility index (Phi) is 4.29. The van der Waals surface area contributed by atoms with Gasteiger partial charge in [0.25, 0.3) is 5.89 Å². The molecule has 0 amide bonds. The first kappa shape index (κ1) is 14.2. The van der Waals surface area contributed by atoms with Crippen molar-refractivity contribution in [2.45, 2.75) is 51.5 Å². The smallest absolute Gasteiger partial charge is 0.258 e. The molecule has 1 aliphatic carbocycles. The largest absolute Gasteiger partial charge is 0.334 e. The van der Waals surface area contributed by atoms with E-state index in [4.69, 9.17) is 10.3 Å². The van der Waals surface area contributed by atoms with E-state index in [1.165, 1.54) is 32.1 Å². The molecule has 0 aliphatic heterocycles. The van der Waals surface area contributed by atoms with Crippen LogP contribution in [0.5, 0.6) is 0 Å². The van der Waals surface area contributed by atoms with E-state index in [1.54, 1.807) is 6.20 Å². The van der Waals surface area contributed by atoms with E-state index in [-0.39, 0.29) is 0 Å². The van der Waals surface area contributed by atoms with Crippen molar-refractivity contribution in [3.8, 4) is 11.5 Å². The zero-order valence-electron chi connectivity index (χ0n) is 12.5. The molecule has 0 saturated heterocycles. The van der Waals surface area contributed by atoms with Crippen molar-refractivity contribution in [3.63, 3.8) is 0 Å². The van der Waals surface area contributed by atoms with Crippen molar-refractivity contribution in [2.75, 3.05) is 0 Å². The fourth-order valence-electron chi connectivity index (χ4n) is 3.07. The molecule has 0 spiro atoms. The molecule has 0 bridgehead atoms. The Hall–Kier alpha value is -1.75. The van der Waals surface area contributed by atoms with E-state index in [9.17, 15) is 0 Å². The van der Waals surface area contributed by atoms with Crippen molar-refractivity contribution in [1.82, 2.24) is 15.1 Å². The molecule has 5 heteroatoms. The van der Waals surface area contributed by atoms with Crippen LogP contribution in [0.2, 0.25) is 0 Å². The summed E-state index contributed by atoms with van der Waals surface area (Å²) in [6, 6.07) is 3.79. The van der Waals surface area contributed by atoms with Gasteiger partial charge in [0.1, 0.15) is 0 Å². The Morgan fingerprint density at radius 1 is 1.29 bits per heavy atom. The van der Waals surface area contributed by atoms with E-state index >= 15 is 0 Å². The summed E-state index contributed by atoms with van der Waals surface area (Å²) in [5, 5.41) is 4.18. The zero-order chi connectivity index (χ0) is 14.7. The Morgan fingerprint density at radius 3 is 2.81 bits per heavy atom. The van der Waals surface area contributed by atoms with Gasteiger partial charge in [-0.15, -0.1) is 0 Å². The molecule has 0 unspecified atom stereocenters. The number of pyridine rings is 1. The fourth-order valence-corrected chi connectivity index (χ4v) is 3.07. The lowest BCUT2D eigenvalue weighted by molar-refractivity contribution is 0.305. The Bertz CT molecular complexity index is 587. The predicted octanol–water partition coefficient (Wildman–Crippen LogP) is 3.27. The monoisotopic (exact) mass is 286 g/mol. The van der Waals surface area contributed by atoms with E-state index in [1.807, 2.05) is 12.1 Å². The Balaban J connectivity index is 1.74. The van der Waals surface area contributed by atoms with Crippen molar-refractivity contribution in [2.24, 2.45) is 11.7 Å². The van der Waals surface area contributed by atoms with Crippen LogP contribution in [-0.2, 0) is 6.54 Å². The van der Waals surface area contributed by atoms with E-state index in [0.29, 0.717) is 18.4 Å². The molecule has 2 aromatic rings. The second-order valence-electron chi connectivity index (χ2n) is 5.82. The molecule has 0 atom stereocenters. The zero-order valence-corrected chi connectivity index (χ0v) is 12.5. The van der Waals surface area contributed by atoms with Crippen LogP contribution >= 0.6 is 0 Å². The predicted molar refractivity (Wildman–Crippen MR) is 80.4 cm³/mol. The van der Waals surface area contributed by atoms with Crippen molar-refractivity contribution in [3.05, 3.63) is 29.8 Å².